The fourth-order valence-electron chi connectivity index (χ4n) is 2.33. The van der Waals surface area contributed by atoms with E-state index < -0.39 is 0 Å². The van der Waals surface area contributed by atoms with Crippen LogP contribution in [0.1, 0.15) is 10.4 Å². The third kappa shape index (κ3) is 3.39. The molecule has 0 radical (unpaired) electrons. The number of thiazole rings is 1. The number of rotatable bonds is 2. The van der Waals surface area contributed by atoms with Gasteiger partial charge in [-0.1, -0.05) is 27.5 Å². The predicted molar refractivity (Wildman–Crippen MR) is 89.4 cm³/mol. The second-order valence-corrected chi connectivity index (χ2v) is 6.98. The van der Waals surface area contributed by atoms with Crippen LogP contribution in [-0.4, -0.2) is 42.0 Å². The molecular formula is C14H13BrClN3OS. The van der Waals surface area contributed by atoms with Crippen LogP contribution in [0.4, 0.5) is 5.13 Å². The average molecular weight is 387 g/mol. The lowest BCUT2D eigenvalue weighted by Crippen LogP contribution is -2.48. The molecule has 2 heterocycles. The molecule has 4 nitrogen and oxygen atoms in total. The van der Waals surface area contributed by atoms with Crippen molar-refractivity contribution in [3.63, 3.8) is 0 Å². The highest BCUT2D eigenvalue weighted by Crippen LogP contribution is 2.22. The van der Waals surface area contributed by atoms with Crippen molar-refractivity contribution in [3.05, 3.63) is 44.8 Å². The Hall–Kier alpha value is -1.11. The number of carbonyl (C=O) groups excluding carboxylic acids is 1. The number of anilines is 1. The summed E-state index contributed by atoms with van der Waals surface area (Å²) in [6.45, 7) is 3.01. The van der Waals surface area contributed by atoms with E-state index in [4.69, 9.17) is 11.6 Å². The van der Waals surface area contributed by atoms with Gasteiger partial charge in [0, 0.05) is 52.8 Å². The average Bonchev–Trinajstić information content (AvgIpc) is 3.00. The second kappa shape index (κ2) is 6.34. The molecule has 0 N–H and O–H groups in total. The van der Waals surface area contributed by atoms with Gasteiger partial charge in [-0.25, -0.2) is 4.98 Å². The number of benzene rings is 1. The smallest absolute Gasteiger partial charge is 0.254 e. The van der Waals surface area contributed by atoms with Gasteiger partial charge in [0.15, 0.2) is 5.13 Å². The van der Waals surface area contributed by atoms with Crippen molar-refractivity contribution in [2.24, 2.45) is 0 Å². The van der Waals surface area contributed by atoms with Crippen LogP contribution in [-0.2, 0) is 0 Å². The van der Waals surface area contributed by atoms with Gasteiger partial charge in [0.2, 0.25) is 0 Å². The standard InChI is InChI=1S/C14H13BrClN3OS/c15-11-7-10(8-12(16)9-11)13(20)18-2-4-19(5-3-18)14-17-1-6-21-14/h1,6-9H,2-5H2. The van der Waals surface area contributed by atoms with Gasteiger partial charge in [-0.2, -0.15) is 0 Å². The van der Waals surface area contributed by atoms with Crippen LogP contribution in [0.15, 0.2) is 34.2 Å². The molecule has 21 heavy (non-hydrogen) atoms. The summed E-state index contributed by atoms with van der Waals surface area (Å²) in [7, 11) is 0. The highest BCUT2D eigenvalue weighted by molar-refractivity contribution is 9.10. The van der Waals surface area contributed by atoms with E-state index in [1.54, 1.807) is 35.7 Å². The van der Waals surface area contributed by atoms with Crippen molar-refractivity contribution in [3.8, 4) is 0 Å². The maximum absolute atomic E-state index is 12.5. The van der Waals surface area contributed by atoms with Crippen LogP contribution in [0.25, 0.3) is 0 Å². The summed E-state index contributed by atoms with van der Waals surface area (Å²) in [5.74, 6) is 0.0250. The van der Waals surface area contributed by atoms with Crippen molar-refractivity contribution >= 4 is 49.9 Å². The molecular weight excluding hydrogens is 374 g/mol. The summed E-state index contributed by atoms with van der Waals surface area (Å²) in [4.78, 5) is 20.9. The van der Waals surface area contributed by atoms with Gasteiger partial charge in [0.05, 0.1) is 0 Å². The molecule has 1 aromatic heterocycles. The molecule has 1 fully saturated rings. The Labute approximate surface area is 140 Å². The van der Waals surface area contributed by atoms with Crippen LogP contribution in [0, 0.1) is 0 Å². The van der Waals surface area contributed by atoms with Crippen LogP contribution < -0.4 is 4.90 Å². The monoisotopic (exact) mass is 385 g/mol. The van der Waals surface area contributed by atoms with E-state index in [2.05, 4.69) is 25.8 Å². The largest absolute Gasteiger partial charge is 0.345 e. The highest BCUT2D eigenvalue weighted by atomic mass is 79.9. The summed E-state index contributed by atoms with van der Waals surface area (Å²) in [5.41, 5.74) is 0.622. The van der Waals surface area contributed by atoms with Gasteiger partial charge in [0.25, 0.3) is 5.91 Å². The molecule has 1 aliphatic heterocycles. The summed E-state index contributed by atoms with van der Waals surface area (Å²) >= 11 is 11.0. The minimum absolute atomic E-state index is 0.0250. The SMILES string of the molecule is O=C(c1cc(Cl)cc(Br)c1)N1CCN(c2nccs2)CC1. The third-order valence-electron chi connectivity index (χ3n) is 3.37. The molecule has 0 unspecified atom stereocenters. The topological polar surface area (TPSA) is 36.4 Å². The van der Waals surface area contributed by atoms with Gasteiger partial charge in [-0.15, -0.1) is 11.3 Å². The zero-order chi connectivity index (χ0) is 14.8. The van der Waals surface area contributed by atoms with Gasteiger partial charge >= 0.3 is 0 Å². The molecule has 3 rings (SSSR count). The normalized spacial score (nSPS) is 15.3. The molecule has 1 aromatic carbocycles. The van der Waals surface area contributed by atoms with Crippen LogP contribution >= 0.6 is 38.9 Å². The second-order valence-electron chi connectivity index (χ2n) is 4.75. The molecule has 0 aliphatic carbocycles. The quantitative estimate of drug-likeness (QED) is 0.792. The summed E-state index contributed by atoms with van der Waals surface area (Å²) in [6.07, 6.45) is 1.81. The molecule has 0 atom stereocenters. The van der Waals surface area contributed by atoms with Gasteiger partial charge in [0.1, 0.15) is 0 Å². The minimum Gasteiger partial charge on any atom is -0.345 e. The van der Waals surface area contributed by atoms with E-state index in [-0.39, 0.29) is 5.91 Å². The maximum atomic E-state index is 12.5. The van der Waals surface area contributed by atoms with Crippen LogP contribution in [0.2, 0.25) is 5.02 Å². The first-order valence-corrected chi connectivity index (χ1v) is 8.58. The Kier molecular flexibility index (Phi) is 4.47. The number of aromatic nitrogens is 1. The first kappa shape index (κ1) is 14.8. The number of hydrogen-bond donors (Lipinski definition) is 0. The van der Waals surface area contributed by atoms with Crippen molar-refractivity contribution < 1.29 is 4.79 Å². The van der Waals surface area contributed by atoms with Crippen molar-refractivity contribution in [1.29, 1.82) is 0 Å². The van der Waals surface area contributed by atoms with Gasteiger partial charge < -0.3 is 9.80 Å². The fourth-order valence-corrected chi connectivity index (χ4v) is 3.89. The first-order chi connectivity index (χ1) is 10.1. The molecule has 1 aliphatic rings. The molecule has 110 valence electrons. The maximum Gasteiger partial charge on any atom is 0.254 e. The molecule has 2 aromatic rings. The molecule has 0 spiro atoms. The minimum atomic E-state index is 0.0250. The van der Waals surface area contributed by atoms with E-state index >= 15 is 0 Å². The number of hydrogen-bond acceptors (Lipinski definition) is 4. The lowest BCUT2D eigenvalue weighted by Gasteiger charge is -2.34. The predicted octanol–water partition coefficient (Wildman–Crippen LogP) is 3.52. The summed E-state index contributed by atoms with van der Waals surface area (Å²) in [6, 6.07) is 5.29. The molecule has 7 heteroatoms. The lowest BCUT2D eigenvalue weighted by atomic mass is 10.2. The van der Waals surface area contributed by atoms with Gasteiger partial charge in [-0.3, -0.25) is 4.79 Å². The van der Waals surface area contributed by atoms with E-state index in [1.165, 1.54) is 0 Å². The zero-order valence-electron chi connectivity index (χ0n) is 11.1. The Morgan fingerprint density at radius 1 is 1.24 bits per heavy atom. The first-order valence-electron chi connectivity index (χ1n) is 6.53. The number of piperazine rings is 1. The highest BCUT2D eigenvalue weighted by Gasteiger charge is 2.23. The lowest BCUT2D eigenvalue weighted by molar-refractivity contribution is 0.0746. The Balaban J connectivity index is 1.67. The summed E-state index contributed by atoms with van der Waals surface area (Å²) in [5, 5.41) is 3.55. The van der Waals surface area contributed by atoms with E-state index in [0.29, 0.717) is 23.7 Å². The van der Waals surface area contributed by atoms with Crippen LogP contribution in [0.5, 0.6) is 0 Å². The zero-order valence-corrected chi connectivity index (χ0v) is 14.3. The van der Waals surface area contributed by atoms with E-state index in [0.717, 1.165) is 22.7 Å². The van der Waals surface area contributed by atoms with E-state index in [9.17, 15) is 4.79 Å². The Morgan fingerprint density at radius 3 is 2.62 bits per heavy atom. The number of nitrogens with zero attached hydrogens (tertiary/aromatic N) is 3. The van der Waals surface area contributed by atoms with Crippen molar-refractivity contribution in [1.82, 2.24) is 9.88 Å². The van der Waals surface area contributed by atoms with Gasteiger partial charge in [-0.05, 0) is 18.2 Å². The molecule has 0 bridgehead atoms. The molecule has 1 saturated heterocycles. The third-order valence-corrected chi connectivity index (χ3v) is 4.87. The Morgan fingerprint density at radius 2 is 2.00 bits per heavy atom. The Bertz CT molecular complexity index is 621. The van der Waals surface area contributed by atoms with Crippen molar-refractivity contribution in [2.75, 3.05) is 31.1 Å². The number of amides is 1. The molecule has 0 saturated carbocycles. The molecule has 1 amide bonds. The van der Waals surface area contributed by atoms with E-state index in [1.807, 2.05) is 10.3 Å². The number of halogens is 2. The fraction of sp³-hybridized carbons (Fsp3) is 0.286. The van der Waals surface area contributed by atoms with Crippen LogP contribution in [0.3, 0.4) is 0 Å². The summed E-state index contributed by atoms with van der Waals surface area (Å²) < 4.78 is 0.819. The van der Waals surface area contributed by atoms with Crippen molar-refractivity contribution in [2.45, 2.75) is 0 Å². The number of carbonyl (C=O) groups is 1.